The van der Waals surface area contributed by atoms with Crippen molar-refractivity contribution >= 4 is 18.1 Å². The number of aromatic amines is 1. The standard InChI is InChI=1S/C17H24N4O2S/c1-4-20(5-2)15(22)11-12-21-16(18-19-17(21)24)13-7-9-14(10-8-13)23-6-3/h7-10H,4-6,11-12H2,1-3H3,(H,19,24). The van der Waals surface area contributed by atoms with Crippen LogP contribution in [0.25, 0.3) is 11.4 Å². The van der Waals surface area contributed by atoms with Gasteiger partial charge in [0.25, 0.3) is 0 Å². The van der Waals surface area contributed by atoms with Crippen LogP contribution in [0.1, 0.15) is 27.2 Å². The highest BCUT2D eigenvalue weighted by atomic mass is 32.1. The topological polar surface area (TPSA) is 63.1 Å². The van der Waals surface area contributed by atoms with Crippen molar-refractivity contribution in [3.63, 3.8) is 0 Å². The van der Waals surface area contributed by atoms with Crippen molar-refractivity contribution in [1.82, 2.24) is 19.7 Å². The summed E-state index contributed by atoms with van der Waals surface area (Å²) in [5.74, 6) is 1.68. The largest absolute Gasteiger partial charge is 0.494 e. The van der Waals surface area contributed by atoms with Gasteiger partial charge in [0, 0.05) is 31.6 Å². The fraction of sp³-hybridized carbons (Fsp3) is 0.471. The molecule has 6 nitrogen and oxygen atoms in total. The van der Waals surface area contributed by atoms with Crippen LogP contribution < -0.4 is 4.74 Å². The normalized spacial score (nSPS) is 10.6. The Bertz CT molecular complexity index is 717. The summed E-state index contributed by atoms with van der Waals surface area (Å²) in [4.78, 5) is 14.0. The van der Waals surface area contributed by atoms with Crippen LogP contribution >= 0.6 is 12.2 Å². The molecule has 24 heavy (non-hydrogen) atoms. The zero-order valence-corrected chi connectivity index (χ0v) is 15.2. The highest BCUT2D eigenvalue weighted by Crippen LogP contribution is 2.21. The Morgan fingerprint density at radius 3 is 2.50 bits per heavy atom. The maximum absolute atomic E-state index is 12.2. The third-order valence-corrected chi connectivity index (χ3v) is 4.16. The summed E-state index contributed by atoms with van der Waals surface area (Å²) in [6.07, 6.45) is 0.402. The van der Waals surface area contributed by atoms with Crippen molar-refractivity contribution in [3.05, 3.63) is 29.0 Å². The minimum Gasteiger partial charge on any atom is -0.494 e. The van der Waals surface area contributed by atoms with Crippen LogP contribution in [0.2, 0.25) is 0 Å². The van der Waals surface area contributed by atoms with Gasteiger partial charge in [-0.1, -0.05) is 0 Å². The van der Waals surface area contributed by atoms with Crippen molar-refractivity contribution in [3.8, 4) is 17.1 Å². The molecule has 130 valence electrons. The number of hydrogen-bond acceptors (Lipinski definition) is 4. The third-order valence-electron chi connectivity index (χ3n) is 3.85. The number of hydrogen-bond donors (Lipinski definition) is 1. The molecule has 1 N–H and O–H groups in total. The smallest absolute Gasteiger partial charge is 0.224 e. The Balaban J connectivity index is 2.16. The lowest BCUT2D eigenvalue weighted by Gasteiger charge is -2.18. The Morgan fingerprint density at radius 1 is 1.25 bits per heavy atom. The van der Waals surface area contributed by atoms with Crippen molar-refractivity contribution < 1.29 is 9.53 Å². The number of ether oxygens (including phenoxy) is 1. The summed E-state index contributed by atoms with van der Waals surface area (Å²) in [5.41, 5.74) is 0.932. The molecule has 1 aromatic carbocycles. The molecule has 0 aliphatic heterocycles. The number of H-pyrrole nitrogens is 1. The molecule has 0 radical (unpaired) electrons. The summed E-state index contributed by atoms with van der Waals surface area (Å²) in [6, 6.07) is 7.70. The second kappa shape index (κ2) is 8.63. The van der Waals surface area contributed by atoms with E-state index in [4.69, 9.17) is 17.0 Å². The van der Waals surface area contributed by atoms with Crippen LogP contribution in [0.3, 0.4) is 0 Å². The zero-order valence-electron chi connectivity index (χ0n) is 14.4. The van der Waals surface area contributed by atoms with Gasteiger partial charge in [-0.25, -0.2) is 0 Å². The highest BCUT2D eigenvalue weighted by Gasteiger charge is 2.13. The van der Waals surface area contributed by atoms with E-state index in [9.17, 15) is 4.79 Å². The first-order valence-electron chi connectivity index (χ1n) is 8.26. The molecule has 0 fully saturated rings. The fourth-order valence-corrected chi connectivity index (χ4v) is 2.78. The van der Waals surface area contributed by atoms with Gasteiger partial charge in [-0.05, 0) is 57.3 Å². The number of aromatic nitrogens is 3. The Labute approximate surface area is 147 Å². The molecular formula is C17H24N4O2S. The van der Waals surface area contributed by atoms with Crippen LogP contribution in [0.5, 0.6) is 5.75 Å². The van der Waals surface area contributed by atoms with E-state index in [0.29, 0.717) is 24.3 Å². The molecule has 0 saturated carbocycles. The molecule has 0 aliphatic carbocycles. The van der Waals surface area contributed by atoms with E-state index in [2.05, 4.69) is 10.2 Å². The molecule has 0 bridgehead atoms. The summed E-state index contributed by atoms with van der Waals surface area (Å²) < 4.78 is 7.84. The van der Waals surface area contributed by atoms with Gasteiger partial charge in [0.1, 0.15) is 5.75 Å². The van der Waals surface area contributed by atoms with Crippen molar-refractivity contribution in [2.75, 3.05) is 19.7 Å². The average Bonchev–Trinajstić information content (AvgIpc) is 2.96. The number of nitrogens with zero attached hydrogens (tertiary/aromatic N) is 3. The minimum absolute atomic E-state index is 0.126. The van der Waals surface area contributed by atoms with Gasteiger partial charge >= 0.3 is 0 Å². The van der Waals surface area contributed by atoms with Gasteiger partial charge in [0.05, 0.1) is 6.61 Å². The van der Waals surface area contributed by atoms with Crippen molar-refractivity contribution in [1.29, 1.82) is 0 Å². The van der Waals surface area contributed by atoms with Crippen LogP contribution in [0.4, 0.5) is 0 Å². The Morgan fingerprint density at radius 2 is 1.92 bits per heavy atom. The first kappa shape index (κ1) is 18.2. The van der Waals surface area contributed by atoms with Gasteiger partial charge in [-0.2, -0.15) is 5.10 Å². The molecule has 1 aromatic heterocycles. The van der Waals surface area contributed by atoms with Gasteiger partial charge in [-0.3, -0.25) is 14.5 Å². The van der Waals surface area contributed by atoms with Gasteiger partial charge in [-0.15, -0.1) is 0 Å². The first-order valence-corrected chi connectivity index (χ1v) is 8.67. The maximum atomic E-state index is 12.2. The second-order valence-corrected chi connectivity index (χ2v) is 5.66. The van der Waals surface area contributed by atoms with Crippen molar-refractivity contribution in [2.45, 2.75) is 33.7 Å². The van der Waals surface area contributed by atoms with Crippen LogP contribution in [0.15, 0.2) is 24.3 Å². The molecule has 0 unspecified atom stereocenters. The Kier molecular flexibility index (Phi) is 6.54. The number of benzene rings is 1. The second-order valence-electron chi connectivity index (χ2n) is 5.28. The average molecular weight is 348 g/mol. The summed E-state index contributed by atoms with van der Waals surface area (Å²) in [7, 11) is 0. The van der Waals surface area contributed by atoms with E-state index in [0.717, 1.165) is 30.2 Å². The minimum atomic E-state index is 0.126. The molecule has 0 spiro atoms. The molecule has 1 amide bonds. The van der Waals surface area contributed by atoms with E-state index >= 15 is 0 Å². The third kappa shape index (κ3) is 4.23. The molecule has 7 heteroatoms. The molecule has 2 aromatic rings. The molecule has 0 atom stereocenters. The SMILES string of the molecule is CCOc1ccc(-c2n[nH]c(=S)n2CCC(=O)N(CC)CC)cc1. The number of carbonyl (C=O) groups is 1. The molecule has 2 rings (SSSR count). The molecule has 0 saturated heterocycles. The van der Waals surface area contributed by atoms with E-state index < -0.39 is 0 Å². The highest BCUT2D eigenvalue weighted by molar-refractivity contribution is 7.71. The molecule has 1 heterocycles. The van der Waals surface area contributed by atoms with Gasteiger partial charge in [0.2, 0.25) is 5.91 Å². The number of amides is 1. The van der Waals surface area contributed by atoms with E-state index in [1.807, 2.05) is 54.5 Å². The Hall–Kier alpha value is -2.15. The monoisotopic (exact) mass is 348 g/mol. The quantitative estimate of drug-likeness (QED) is 0.744. The van der Waals surface area contributed by atoms with Gasteiger partial charge < -0.3 is 9.64 Å². The van der Waals surface area contributed by atoms with Crippen LogP contribution in [-0.4, -0.2) is 45.3 Å². The predicted molar refractivity (Wildman–Crippen MR) is 96.6 cm³/mol. The number of rotatable bonds is 8. The summed E-state index contributed by atoms with van der Waals surface area (Å²) in [5, 5.41) is 7.12. The number of nitrogens with one attached hydrogen (secondary N) is 1. The van der Waals surface area contributed by atoms with Crippen LogP contribution in [-0.2, 0) is 11.3 Å². The van der Waals surface area contributed by atoms with Gasteiger partial charge in [0.15, 0.2) is 10.6 Å². The van der Waals surface area contributed by atoms with E-state index in [1.54, 1.807) is 0 Å². The lowest BCUT2D eigenvalue weighted by Crippen LogP contribution is -2.31. The maximum Gasteiger partial charge on any atom is 0.224 e. The lowest BCUT2D eigenvalue weighted by atomic mass is 10.2. The zero-order chi connectivity index (χ0) is 17.5. The lowest BCUT2D eigenvalue weighted by molar-refractivity contribution is -0.131. The fourth-order valence-electron chi connectivity index (χ4n) is 2.55. The van der Waals surface area contributed by atoms with Crippen LogP contribution in [0, 0.1) is 4.77 Å². The molecular weight excluding hydrogens is 324 g/mol. The first-order chi connectivity index (χ1) is 11.6. The summed E-state index contributed by atoms with van der Waals surface area (Å²) in [6.45, 7) is 8.49. The molecule has 0 aliphatic rings. The van der Waals surface area contributed by atoms with E-state index in [1.165, 1.54) is 0 Å². The number of carbonyl (C=O) groups excluding carboxylic acids is 1. The summed E-state index contributed by atoms with van der Waals surface area (Å²) >= 11 is 5.31. The predicted octanol–water partition coefficient (Wildman–Crippen LogP) is 3.26. The van der Waals surface area contributed by atoms with E-state index in [-0.39, 0.29) is 5.91 Å². The van der Waals surface area contributed by atoms with Crippen molar-refractivity contribution in [2.24, 2.45) is 0 Å².